The first-order valence-electron chi connectivity index (χ1n) is 13.6. The zero-order valence-electron chi connectivity index (χ0n) is 22.5. The Kier molecular flexibility index (Phi) is 12.4. The SMILES string of the molecule is CC.CC1COCCCC1NC1CCC(C(=O)N2CCc3ncc(OC(F)(F)F)cc3C2)C1.CCC. The Hall–Kier alpha value is -1.87. The van der Waals surface area contributed by atoms with E-state index >= 15 is 0 Å². The van der Waals surface area contributed by atoms with Gasteiger partial charge in [-0.1, -0.05) is 41.0 Å². The van der Waals surface area contributed by atoms with Gasteiger partial charge < -0.3 is 19.7 Å². The highest BCUT2D eigenvalue weighted by Crippen LogP contribution is 2.32. The number of hydrogen-bond acceptors (Lipinski definition) is 5. The van der Waals surface area contributed by atoms with Gasteiger partial charge in [0.25, 0.3) is 0 Å². The molecule has 206 valence electrons. The number of carbonyl (C=O) groups is 1. The van der Waals surface area contributed by atoms with Crippen LogP contribution in [0.25, 0.3) is 0 Å². The van der Waals surface area contributed by atoms with Crippen molar-refractivity contribution in [3.05, 3.63) is 23.5 Å². The molecule has 4 rings (SSSR count). The fraction of sp³-hybridized carbons (Fsp3) is 0.778. The molecule has 2 fully saturated rings. The zero-order chi connectivity index (χ0) is 26.7. The minimum absolute atomic E-state index is 0.0426. The molecule has 0 aromatic carbocycles. The molecule has 1 aromatic rings. The lowest BCUT2D eigenvalue weighted by Crippen LogP contribution is -2.43. The molecule has 1 amide bonds. The van der Waals surface area contributed by atoms with E-state index in [9.17, 15) is 18.0 Å². The van der Waals surface area contributed by atoms with Crippen LogP contribution in [0, 0.1) is 11.8 Å². The number of amides is 1. The maximum Gasteiger partial charge on any atom is 0.573 e. The second-order valence-corrected chi connectivity index (χ2v) is 9.72. The van der Waals surface area contributed by atoms with E-state index in [1.165, 1.54) is 12.5 Å². The first-order chi connectivity index (χ1) is 17.2. The second kappa shape index (κ2) is 14.8. The fourth-order valence-electron chi connectivity index (χ4n) is 5.02. The van der Waals surface area contributed by atoms with Crippen LogP contribution >= 0.6 is 0 Å². The molecule has 3 aliphatic rings. The van der Waals surface area contributed by atoms with Crippen molar-refractivity contribution in [1.82, 2.24) is 15.2 Å². The quantitative estimate of drug-likeness (QED) is 0.543. The number of pyridine rings is 1. The van der Waals surface area contributed by atoms with Crippen molar-refractivity contribution >= 4 is 5.91 Å². The molecular formula is C27H44F3N3O3. The number of nitrogens with one attached hydrogen (secondary N) is 1. The molecule has 0 spiro atoms. The van der Waals surface area contributed by atoms with Crippen LogP contribution < -0.4 is 10.1 Å². The minimum atomic E-state index is -4.76. The molecule has 6 nitrogen and oxygen atoms in total. The van der Waals surface area contributed by atoms with Crippen LogP contribution in [0.15, 0.2) is 12.3 Å². The van der Waals surface area contributed by atoms with E-state index in [2.05, 4.69) is 35.8 Å². The molecule has 4 unspecified atom stereocenters. The standard InChI is InChI=1S/C22H30F3N3O3.C3H8.C2H6/c1-14-13-30-8-2-3-19(14)27-17-5-4-15(9-17)21(29)28-7-6-20-16(12-28)10-18(11-26-20)31-22(23,24)25;1-3-2;1-2/h10-11,14-15,17,19,27H,2-9,12-13H2,1H3;3H2,1-2H3;1-2H3. The van der Waals surface area contributed by atoms with Crippen LogP contribution in [-0.4, -0.2) is 54.0 Å². The molecule has 1 aliphatic carbocycles. The Labute approximate surface area is 214 Å². The monoisotopic (exact) mass is 515 g/mol. The molecule has 0 radical (unpaired) electrons. The zero-order valence-corrected chi connectivity index (χ0v) is 22.5. The number of rotatable bonds is 4. The van der Waals surface area contributed by atoms with Gasteiger partial charge in [0.15, 0.2) is 0 Å². The molecule has 1 saturated heterocycles. The van der Waals surface area contributed by atoms with Gasteiger partial charge in [-0.25, -0.2) is 0 Å². The van der Waals surface area contributed by atoms with Crippen molar-refractivity contribution in [3.8, 4) is 5.75 Å². The van der Waals surface area contributed by atoms with Gasteiger partial charge in [0.05, 0.1) is 12.8 Å². The molecule has 36 heavy (non-hydrogen) atoms. The highest BCUT2D eigenvalue weighted by molar-refractivity contribution is 5.79. The molecule has 3 heterocycles. The number of ether oxygens (including phenoxy) is 2. The molecule has 4 atom stereocenters. The first-order valence-corrected chi connectivity index (χ1v) is 13.6. The highest BCUT2D eigenvalue weighted by atomic mass is 19.4. The summed E-state index contributed by atoms with van der Waals surface area (Å²) < 4.78 is 47.1. The van der Waals surface area contributed by atoms with Crippen LogP contribution in [0.3, 0.4) is 0 Å². The summed E-state index contributed by atoms with van der Waals surface area (Å²) in [5, 5.41) is 3.76. The van der Waals surface area contributed by atoms with Crippen molar-refractivity contribution in [2.24, 2.45) is 11.8 Å². The Morgan fingerprint density at radius 2 is 1.97 bits per heavy atom. The Morgan fingerprint density at radius 1 is 1.25 bits per heavy atom. The van der Waals surface area contributed by atoms with Crippen LogP contribution in [0.2, 0.25) is 0 Å². The Balaban J connectivity index is 0.000000850. The highest BCUT2D eigenvalue weighted by Gasteiger charge is 2.36. The van der Waals surface area contributed by atoms with Crippen LogP contribution in [-0.2, 0) is 22.5 Å². The van der Waals surface area contributed by atoms with Crippen LogP contribution in [0.5, 0.6) is 5.75 Å². The third kappa shape index (κ3) is 9.21. The van der Waals surface area contributed by atoms with Gasteiger partial charge in [-0.05, 0) is 49.7 Å². The number of carbonyl (C=O) groups excluding carboxylic acids is 1. The summed E-state index contributed by atoms with van der Waals surface area (Å²) in [4.78, 5) is 19.0. The molecule has 9 heteroatoms. The van der Waals surface area contributed by atoms with Gasteiger partial charge in [0, 0.05) is 49.8 Å². The van der Waals surface area contributed by atoms with E-state index in [0.29, 0.717) is 36.5 Å². The summed E-state index contributed by atoms with van der Waals surface area (Å²) in [6.07, 6.45) is 2.89. The smallest absolute Gasteiger partial charge is 0.404 e. The van der Waals surface area contributed by atoms with Crippen molar-refractivity contribution in [1.29, 1.82) is 0 Å². The average Bonchev–Trinajstić information content (AvgIpc) is 3.22. The molecular weight excluding hydrogens is 471 g/mol. The number of nitrogens with zero attached hydrogens (tertiary/aromatic N) is 2. The van der Waals surface area contributed by atoms with E-state index < -0.39 is 6.36 Å². The summed E-state index contributed by atoms with van der Waals surface area (Å²) >= 11 is 0. The minimum Gasteiger partial charge on any atom is -0.404 e. The number of alkyl halides is 3. The van der Waals surface area contributed by atoms with E-state index in [4.69, 9.17) is 4.74 Å². The number of hydrogen-bond donors (Lipinski definition) is 1. The second-order valence-electron chi connectivity index (χ2n) is 9.72. The average molecular weight is 516 g/mol. The molecule has 1 saturated carbocycles. The topological polar surface area (TPSA) is 63.7 Å². The first kappa shape index (κ1) is 30.4. The predicted octanol–water partition coefficient (Wildman–Crippen LogP) is 5.88. The molecule has 1 N–H and O–H groups in total. The predicted molar refractivity (Wildman–Crippen MR) is 135 cm³/mol. The summed E-state index contributed by atoms with van der Waals surface area (Å²) in [6.45, 7) is 12.9. The van der Waals surface area contributed by atoms with Gasteiger partial charge in [-0.3, -0.25) is 9.78 Å². The summed E-state index contributed by atoms with van der Waals surface area (Å²) in [5.74, 6) is 0.164. The van der Waals surface area contributed by atoms with Gasteiger partial charge in [-0.2, -0.15) is 0 Å². The lowest BCUT2D eigenvalue weighted by Gasteiger charge is -2.31. The van der Waals surface area contributed by atoms with Gasteiger partial charge in [0.2, 0.25) is 5.91 Å². The Bertz CT molecular complexity index is 806. The van der Waals surface area contributed by atoms with Crippen LogP contribution in [0.1, 0.15) is 84.4 Å². The normalized spacial score (nSPS) is 25.9. The van der Waals surface area contributed by atoms with E-state index in [-0.39, 0.29) is 24.1 Å². The summed E-state index contributed by atoms with van der Waals surface area (Å²) in [6, 6.07) is 2.09. The van der Waals surface area contributed by atoms with Gasteiger partial charge >= 0.3 is 6.36 Å². The summed E-state index contributed by atoms with van der Waals surface area (Å²) in [5.41, 5.74) is 1.36. The lowest BCUT2D eigenvalue weighted by molar-refractivity contribution is -0.274. The van der Waals surface area contributed by atoms with E-state index in [1.54, 1.807) is 4.90 Å². The Morgan fingerprint density at radius 3 is 2.67 bits per heavy atom. The largest absolute Gasteiger partial charge is 0.573 e. The molecule has 0 bridgehead atoms. The lowest BCUT2D eigenvalue weighted by atomic mass is 9.97. The van der Waals surface area contributed by atoms with Crippen molar-refractivity contribution < 1.29 is 27.4 Å². The molecule has 1 aromatic heterocycles. The maximum atomic E-state index is 13.1. The van der Waals surface area contributed by atoms with Gasteiger partial charge in [-0.15, -0.1) is 13.2 Å². The fourth-order valence-corrected chi connectivity index (χ4v) is 5.02. The number of aromatic nitrogens is 1. The van der Waals surface area contributed by atoms with Crippen molar-refractivity contribution in [2.75, 3.05) is 19.8 Å². The summed E-state index contributed by atoms with van der Waals surface area (Å²) in [7, 11) is 0. The van der Waals surface area contributed by atoms with Crippen molar-refractivity contribution in [2.45, 2.75) is 105 Å². The third-order valence-corrected chi connectivity index (χ3v) is 6.66. The molecule has 2 aliphatic heterocycles. The van der Waals surface area contributed by atoms with E-state index in [0.717, 1.165) is 57.2 Å². The third-order valence-electron chi connectivity index (χ3n) is 6.66. The van der Waals surface area contributed by atoms with Crippen LogP contribution in [0.4, 0.5) is 13.2 Å². The van der Waals surface area contributed by atoms with E-state index in [1.807, 2.05) is 13.8 Å². The van der Waals surface area contributed by atoms with Gasteiger partial charge in [0.1, 0.15) is 5.75 Å². The number of fused-ring (bicyclic) bond motifs is 1. The number of halogens is 3. The van der Waals surface area contributed by atoms with Crippen molar-refractivity contribution in [3.63, 3.8) is 0 Å². The maximum absolute atomic E-state index is 13.1.